The first-order valence-corrected chi connectivity index (χ1v) is 11.0. The Kier molecular flexibility index (Phi) is 5.95. The predicted molar refractivity (Wildman–Crippen MR) is 125 cm³/mol. The van der Waals surface area contributed by atoms with Gasteiger partial charge in [-0.2, -0.15) is 5.10 Å². The molecule has 1 aromatic carbocycles. The van der Waals surface area contributed by atoms with E-state index in [4.69, 9.17) is 11.6 Å². The zero-order chi connectivity index (χ0) is 22.6. The van der Waals surface area contributed by atoms with Crippen LogP contribution in [0.5, 0.6) is 0 Å². The standard InChI is InChI=1S/C23H21ClN8O/c24-18-6-4-16(5-7-18)19-8-9-21(30-29-19)31-11-1-3-17(14-31)23(33)28-20-13-22(26-15-25-20)32-12-2-10-27-32/h2,4-10,12-13,15,17H,1,3,11,14H2,(H,25,26,28,33). The lowest BCUT2D eigenvalue weighted by Crippen LogP contribution is -2.41. The van der Waals surface area contributed by atoms with Crippen molar-refractivity contribution in [2.75, 3.05) is 23.3 Å². The van der Waals surface area contributed by atoms with Gasteiger partial charge in [0.1, 0.15) is 12.1 Å². The van der Waals surface area contributed by atoms with Gasteiger partial charge < -0.3 is 10.2 Å². The molecule has 0 aliphatic carbocycles. The first-order chi connectivity index (χ1) is 16.2. The topological polar surface area (TPSA) is 102 Å². The molecule has 33 heavy (non-hydrogen) atoms. The highest BCUT2D eigenvalue weighted by molar-refractivity contribution is 6.30. The van der Waals surface area contributed by atoms with E-state index >= 15 is 0 Å². The van der Waals surface area contributed by atoms with E-state index in [1.165, 1.54) is 6.33 Å². The number of halogens is 1. The number of hydrogen-bond donors (Lipinski definition) is 1. The summed E-state index contributed by atoms with van der Waals surface area (Å²) in [5, 5.41) is 16.5. The highest BCUT2D eigenvalue weighted by Crippen LogP contribution is 2.25. The third-order valence-corrected chi connectivity index (χ3v) is 5.80. The van der Waals surface area contributed by atoms with Crippen molar-refractivity contribution >= 4 is 29.1 Å². The Morgan fingerprint density at radius 3 is 2.70 bits per heavy atom. The summed E-state index contributed by atoms with van der Waals surface area (Å²) >= 11 is 5.96. The van der Waals surface area contributed by atoms with Crippen molar-refractivity contribution in [3.63, 3.8) is 0 Å². The molecule has 0 saturated carbocycles. The maximum Gasteiger partial charge on any atom is 0.230 e. The molecular weight excluding hydrogens is 440 g/mol. The number of benzene rings is 1. The molecule has 1 aliphatic rings. The highest BCUT2D eigenvalue weighted by Gasteiger charge is 2.27. The summed E-state index contributed by atoms with van der Waals surface area (Å²) in [5.74, 6) is 1.54. The summed E-state index contributed by atoms with van der Waals surface area (Å²) in [6, 6.07) is 14.9. The zero-order valence-corrected chi connectivity index (χ0v) is 18.4. The van der Waals surface area contributed by atoms with E-state index < -0.39 is 0 Å². The molecule has 9 nitrogen and oxygen atoms in total. The second kappa shape index (κ2) is 9.33. The number of rotatable bonds is 5. The van der Waals surface area contributed by atoms with E-state index in [2.05, 4.69) is 35.5 Å². The number of carbonyl (C=O) groups excluding carboxylic acids is 1. The van der Waals surface area contributed by atoms with E-state index in [9.17, 15) is 4.79 Å². The van der Waals surface area contributed by atoms with Crippen LogP contribution in [0.15, 0.2) is 67.3 Å². The fourth-order valence-electron chi connectivity index (χ4n) is 3.84. The number of hydrogen-bond acceptors (Lipinski definition) is 7. The van der Waals surface area contributed by atoms with Crippen LogP contribution in [-0.4, -0.2) is 48.9 Å². The lowest BCUT2D eigenvalue weighted by molar-refractivity contribution is -0.120. The highest BCUT2D eigenvalue weighted by atomic mass is 35.5. The minimum Gasteiger partial charge on any atom is -0.354 e. The molecule has 0 bridgehead atoms. The van der Waals surface area contributed by atoms with E-state index in [0.29, 0.717) is 23.2 Å². The molecule has 1 unspecified atom stereocenters. The van der Waals surface area contributed by atoms with Crippen LogP contribution in [0.4, 0.5) is 11.6 Å². The normalized spacial score (nSPS) is 15.9. The van der Waals surface area contributed by atoms with Gasteiger partial charge >= 0.3 is 0 Å². The van der Waals surface area contributed by atoms with Crippen LogP contribution >= 0.6 is 11.6 Å². The van der Waals surface area contributed by atoms with Crippen molar-refractivity contribution < 1.29 is 4.79 Å². The fourth-order valence-corrected chi connectivity index (χ4v) is 3.97. The van der Waals surface area contributed by atoms with Crippen molar-refractivity contribution in [2.45, 2.75) is 12.8 Å². The molecule has 10 heteroatoms. The van der Waals surface area contributed by atoms with Crippen LogP contribution in [0, 0.1) is 5.92 Å². The minimum absolute atomic E-state index is 0.0736. The Labute approximate surface area is 195 Å². The molecule has 1 amide bonds. The van der Waals surface area contributed by atoms with Crippen molar-refractivity contribution in [3.8, 4) is 17.1 Å². The lowest BCUT2D eigenvalue weighted by Gasteiger charge is -2.32. The summed E-state index contributed by atoms with van der Waals surface area (Å²) in [6.07, 6.45) is 6.56. The predicted octanol–water partition coefficient (Wildman–Crippen LogP) is 3.63. The van der Waals surface area contributed by atoms with Gasteiger partial charge in [-0.25, -0.2) is 14.6 Å². The first-order valence-electron chi connectivity index (χ1n) is 10.6. The summed E-state index contributed by atoms with van der Waals surface area (Å²) in [7, 11) is 0. The Hall–Kier alpha value is -3.85. The molecule has 1 atom stereocenters. The number of amides is 1. The smallest absolute Gasteiger partial charge is 0.230 e. The maximum absolute atomic E-state index is 12.9. The largest absolute Gasteiger partial charge is 0.354 e. The van der Waals surface area contributed by atoms with Crippen LogP contribution in [0.1, 0.15) is 12.8 Å². The molecule has 1 fully saturated rings. The van der Waals surface area contributed by atoms with Crippen LogP contribution in [-0.2, 0) is 4.79 Å². The molecule has 4 heterocycles. The molecule has 1 aliphatic heterocycles. The van der Waals surface area contributed by atoms with Gasteiger partial charge in [0.15, 0.2) is 11.6 Å². The summed E-state index contributed by atoms with van der Waals surface area (Å²) in [4.78, 5) is 23.4. The maximum atomic E-state index is 12.9. The van der Waals surface area contributed by atoms with Gasteiger partial charge in [-0.3, -0.25) is 4.79 Å². The van der Waals surface area contributed by atoms with E-state index in [1.54, 1.807) is 23.1 Å². The van der Waals surface area contributed by atoms with E-state index in [1.807, 2.05) is 42.5 Å². The van der Waals surface area contributed by atoms with Gasteiger partial charge in [0, 0.05) is 42.1 Å². The SMILES string of the molecule is O=C(Nc1cc(-n2cccn2)ncn1)C1CCCN(c2ccc(-c3ccc(Cl)cc3)nn2)C1. The lowest BCUT2D eigenvalue weighted by atomic mass is 9.97. The second-order valence-corrected chi connectivity index (χ2v) is 8.21. The number of nitrogens with one attached hydrogen (secondary N) is 1. The summed E-state index contributed by atoms with van der Waals surface area (Å²) in [5.41, 5.74) is 1.73. The van der Waals surface area contributed by atoms with E-state index in [-0.39, 0.29) is 11.8 Å². The van der Waals surface area contributed by atoms with Gasteiger partial charge in [0.05, 0.1) is 11.6 Å². The number of piperidine rings is 1. The van der Waals surface area contributed by atoms with Crippen LogP contribution < -0.4 is 10.2 Å². The second-order valence-electron chi connectivity index (χ2n) is 7.77. The third-order valence-electron chi connectivity index (χ3n) is 5.55. The summed E-state index contributed by atoms with van der Waals surface area (Å²) < 4.78 is 1.62. The fraction of sp³-hybridized carbons (Fsp3) is 0.217. The average molecular weight is 461 g/mol. The Morgan fingerprint density at radius 1 is 1.06 bits per heavy atom. The molecule has 0 radical (unpaired) electrons. The van der Waals surface area contributed by atoms with Gasteiger partial charge in [-0.15, -0.1) is 10.2 Å². The first kappa shape index (κ1) is 21.0. The third kappa shape index (κ3) is 4.83. The van der Waals surface area contributed by atoms with Gasteiger partial charge in [0.2, 0.25) is 5.91 Å². The van der Waals surface area contributed by atoms with Crippen molar-refractivity contribution in [1.82, 2.24) is 29.9 Å². The Balaban J connectivity index is 1.24. The molecule has 5 rings (SSSR count). The van der Waals surface area contributed by atoms with Crippen LogP contribution in [0.3, 0.4) is 0 Å². The Morgan fingerprint density at radius 2 is 1.94 bits per heavy atom. The quantitative estimate of drug-likeness (QED) is 0.485. The zero-order valence-electron chi connectivity index (χ0n) is 17.7. The van der Waals surface area contributed by atoms with Crippen molar-refractivity contribution in [1.29, 1.82) is 0 Å². The van der Waals surface area contributed by atoms with Gasteiger partial charge in [-0.1, -0.05) is 23.7 Å². The number of carbonyl (C=O) groups is 1. The molecule has 0 spiro atoms. The molecule has 4 aromatic rings. The van der Waals surface area contributed by atoms with Crippen LogP contribution in [0.2, 0.25) is 5.02 Å². The molecule has 1 saturated heterocycles. The van der Waals surface area contributed by atoms with Crippen molar-refractivity contribution in [2.24, 2.45) is 5.92 Å². The number of anilines is 2. The van der Waals surface area contributed by atoms with Gasteiger partial charge in [-0.05, 0) is 43.2 Å². The minimum atomic E-state index is -0.181. The summed E-state index contributed by atoms with van der Waals surface area (Å²) in [6.45, 7) is 1.40. The number of nitrogens with zero attached hydrogens (tertiary/aromatic N) is 7. The molecular formula is C23H21ClN8O. The van der Waals surface area contributed by atoms with Gasteiger partial charge in [0.25, 0.3) is 0 Å². The average Bonchev–Trinajstić information content (AvgIpc) is 3.40. The van der Waals surface area contributed by atoms with E-state index in [0.717, 1.165) is 36.5 Å². The van der Waals surface area contributed by atoms with Crippen LogP contribution in [0.25, 0.3) is 17.1 Å². The Bertz CT molecular complexity index is 1230. The molecule has 166 valence electrons. The monoisotopic (exact) mass is 460 g/mol. The molecule has 3 aromatic heterocycles. The van der Waals surface area contributed by atoms with Crippen molar-refractivity contribution in [3.05, 3.63) is 72.3 Å². The number of aromatic nitrogens is 6. The molecule has 1 N–H and O–H groups in total.